The number of nitrogens with zero attached hydrogens (tertiary/aromatic N) is 2. The van der Waals surface area contributed by atoms with E-state index in [0.29, 0.717) is 17.5 Å². The van der Waals surface area contributed by atoms with Gasteiger partial charge in [-0.2, -0.15) is 0 Å². The maximum Gasteiger partial charge on any atom is 0.216 e. The van der Waals surface area contributed by atoms with Crippen LogP contribution in [-0.4, -0.2) is 39.2 Å². The van der Waals surface area contributed by atoms with Crippen molar-refractivity contribution in [1.82, 2.24) is 20.5 Å². The Morgan fingerprint density at radius 1 is 1.18 bits per heavy atom. The van der Waals surface area contributed by atoms with Crippen LogP contribution < -0.4 is 5.32 Å². The van der Waals surface area contributed by atoms with E-state index in [1.807, 2.05) is 24.3 Å². The van der Waals surface area contributed by atoms with Crippen molar-refractivity contribution < 1.29 is 9.59 Å². The number of aromatic amines is 1. The summed E-state index contributed by atoms with van der Waals surface area (Å²) in [5.74, 6) is 1.00. The van der Waals surface area contributed by atoms with Gasteiger partial charge in [0.25, 0.3) is 0 Å². The minimum Gasteiger partial charge on any atom is -0.356 e. The fourth-order valence-electron chi connectivity index (χ4n) is 2.56. The molecule has 3 rings (SSSR count). The Morgan fingerprint density at radius 2 is 1.96 bits per heavy atom. The van der Waals surface area contributed by atoms with Gasteiger partial charge in [-0.3, -0.25) is 14.7 Å². The number of hydrogen-bond donors (Lipinski definition) is 2. The molecule has 0 saturated carbocycles. The first-order valence-corrected chi connectivity index (χ1v) is 10.9. The number of benzene rings is 1. The van der Waals surface area contributed by atoms with Crippen molar-refractivity contribution in [3.8, 4) is 11.4 Å². The van der Waals surface area contributed by atoms with Crippen LogP contribution in [0.2, 0.25) is 0 Å². The van der Waals surface area contributed by atoms with E-state index in [1.165, 1.54) is 35.6 Å². The highest BCUT2D eigenvalue weighted by atomic mass is 32.2. The Morgan fingerprint density at radius 3 is 2.68 bits per heavy atom. The number of aromatic nitrogens is 3. The second-order valence-corrected chi connectivity index (χ2v) is 8.34. The van der Waals surface area contributed by atoms with E-state index >= 15 is 0 Å². The molecule has 0 aliphatic heterocycles. The number of ketones is 1. The van der Waals surface area contributed by atoms with Crippen molar-refractivity contribution in [2.75, 3.05) is 12.3 Å². The highest BCUT2D eigenvalue weighted by Gasteiger charge is 2.13. The number of amides is 1. The predicted octanol–water partition coefficient (Wildman–Crippen LogP) is 3.75. The van der Waals surface area contributed by atoms with Gasteiger partial charge in [0.1, 0.15) is 0 Å². The molecule has 3 aromatic rings. The maximum atomic E-state index is 12.4. The number of aryl methyl sites for hydroxylation is 1. The van der Waals surface area contributed by atoms with Gasteiger partial charge in [0.15, 0.2) is 11.6 Å². The van der Waals surface area contributed by atoms with Crippen LogP contribution in [0.15, 0.2) is 41.6 Å². The first-order valence-electron chi connectivity index (χ1n) is 9.06. The Bertz CT molecular complexity index is 947. The Hall–Kier alpha value is -2.45. The lowest BCUT2D eigenvalue weighted by molar-refractivity contribution is -0.118. The van der Waals surface area contributed by atoms with Gasteiger partial charge < -0.3 is 5.32 Å². The number of carbonyl (C=O) groups excluding carboxylic acids is 2. The predicted molar refractivity (Wildman–Crippen MR) is 113 cm³/mol. The van der Waals surface area contributed by atoms with E-state index in [-0.39, 0.29) is 17.4 Å². The zero-order valence-corrected chi connectivity index (χ0v) is 17.5. The Labute approximate surface area is 172 Å². The standard InChI is InChI=1S/C20H22N4O2S2/c1-3-14-4-6-15(7-5-14)19-22-20(24-23-19)27-12-17(26)18-9-8-16(28-18)10-11-21-13(2)25/h4-9H,3,10-12H2,1-2H3,(H,21,25)(H,22,23,24). The lowest BCUT2D eigenvalue weighted by Crippen LogP contribution is -2.22. The van der Waals surface area contributed by atoms with Crippen LogP contribution in [0.25, 0.3) is 11.4 Å². The summed E-state index contributed by atoms with van der Waals surface area (Å²) in [7, 11) is 0. The van der Waals surface area contributed by atoms with Crippen molar-refractivity contribution in [3.63, 3.8) is 0 Å². The molecular weight excluding hydrogens is 392 g/mol. The van der Waals surface area contributed by atoms with Gasteiger partial charge in [-0.1, -0.05) is 43.0 Å². The van der Waals surface area contributed by atoms with Crippen molar-refractivity contribution in [2.45, 2.75) is 31.8 Å². The monoisotopic (exact) mass is 414 g/mol. The normalized spacial score (nSPS) is 10.8. The highest BCUT2D eigenvalue weighted by Crippen LogP contribution is 2.23. The van der Waals surface area contributed by atoms with Gasteiger partial charge in [-0.05, 0) is 30.5 Å². The molecule has 2 N–H and O–H groups in total. The molecule has 1 amide bonds. The summed E-state index contributed by atoms with van der Waals surface area (Å²) in [6, 6.07) is 12.0. The molecule has 0 fully saturated rings. The molecule has 0 unspecified atom stereocenters. The molecule has 0 aliphatic rings. The zero-order chi connectivity index (χ0) is 19.9. The molecule has 0 aliphatic carbocycles. The lowest BCUT2D eigenvalue weighted by atomic mass is 10.1. The van der Waals surface area contributed by atoms with E-state index < -0.39 is 0 Å². The van der Waals surface area contributed by atoms with E-state index in [1.54, 1.807) is 0 Å². The molecule has 28 heavy (non-hydrogen) atoms. The molecule has 6 nitrogen and oxygen atoms in total. The fraction of sp³-hybridized carbons (Fsp3) is 0.300. The number of hydrogen-bond acceptors (Lipinski definition) is 6. The first kappa shape index (κ1) is 20.3. The van der Waals surface area contributed by atoms with Crippen LogP contribution in [0.4, 0.5) is 0 Å². The third-order valence-electron chi connectivity index (χ3n) is 4.11. The zero-order valence-electron chi connectivity index (χ0n) is 15.8. The minimum atomic E-state index is -0.0450. The number of Topliss-reactive ketones (excluding diaryl/α,β-unsaturated/α-hetero) is 1. The molecule has 8 heteroatoms. The maximum absolute atomic E-state index is 12.4. The largest absolute Gasteiger partial charge is 0.356 e. The van der Waals surface area contributed by atoms with Crippen molar-refractivity contribution in [2.24, 2.45) is 0 Å². The summed E-state index contributed by atoms with van der Waals surface area (Å²) in [6.45, 7) is 4.20. The molecule has 0 saturated heterocycles. The molecule has 2 aromatic heterocycles. The third-order valence-corrected chi connectivity index (χ3v) is 6.15. The van der Waals surface area contributed by atoms with Crippen LogP contribution >= 0.6 is 23.1 Å². The number of H-pyrrole nitrogens is 1. The molecular formula is C20H22N4O2S2. The second kappa shape index (κ2) is 9.66. The van der Waals surface area contributed by atoms with Crippen LogP contribution in [0, 0.1) is 0 Å². The van der Waals surface area contributed by atoms with E-state index in [2.05, 4.69) is 39.6 Å². The van der Waals surface area contributed by atoms with Gasteiger partial charge in [-0.25, -0.2) is 4.98 Å². The molecule has 0 radical (unpaired) electrons. The van der Waals surface area contributed by atoms with E-state index in [0.717, 1.165) is 28.2 Å². The summed E-state index contributed by atoms with van der Waals surface area (Å²) in [4.78, 5) is 29.6. The van der Waals surface area contributed by atoms with Crippen LogP contribution in [0.5, 0.6) is 0 Å². The topological polar surface area (TPSA) is 87.7 Å². The molecule has 0 bridgehead atoms. The quantitative estimate of drug-likeness (QED) is 0.411. The molecule has 0 atom stereocenters. The van der Waals surface area contributed by atoms with Crippen molar-refractivity contribution in [3.05, 3.63) is 51.7 Å². The number of carbonyl (C=O) groups is 2. The molecule has 0 spiro atoms. The van der Waals surface area contributed by atoms with Crippen LogP contribution in [-0.2, 0) is 17.6 Å². The SMILES string of the molecule is CCc1ccc(-c2nc(SCC(=O)c3ccc(CCNC(C)=O)s3)n[nH]2)cc1. The lowest BCUT2D eigenvalue weighted by Gasteiger charge is -1.99. The van der Waals surface area contributed by atoms with Crippen LogP contribution in [0.3, 0.4) is 0 Å². The summed E-state index contributed by atoms with van der Waals surface area (Å²) >= 11 is 2.79. The van der Waals surface area contributed by atoms with Gasteiger partial charge in [0.05, 0.1) is 10.6 Å². The van der Waals surface area contributed by atoms with Gasteiger partial charge in [0, 0.05) is 23.9 Å². The van der Waals surface area contributed by atoms with Crippen molar-refractivity contribution >= 4 is 34.8 Å². The van der Waals surface area contributed by atoms with Gasteiger partial charge in [-0.15, -0.1) is 16.4 Å². The molecule has 146 valence electrons. The average Bonchev–Trinajstić information content (AvgIpc) is 3.36. The molecule has 1 aromatic carbocycles. The number of rotatable bonds is 9. The number of thioether (sulfide) groups is 1. The summed E-state index contributed by atoms with van der Waals surface area (Å²) in [6.07, 6.45) is 1.73. The fourth-order valence-corrected chi connectivity index (χ4v) is 4.28. The van der Waals surface area contributed by atoms with E-state index in [4.69, 9.17) is 0 Å². The van der Waals surface area contributed by atoms with E-state index in [9.17, 15) is 9.59 Å². The minimum absolute atomic E-state index is 0.0450. The summed E-state index contributed by atoms with van der Waals surface area (Å²) < 4.78 is 0. The summed E-state index contributed by atoms with van der Waals surface area (Å²) in [5, 5.41) is 10.5. The third kappa shape index (κ3) is 5.53. The van der Waals surface area contributed by atoms with Crippen molar-refractivity contribution in [1.29, 1.82) is 0 Å². The smallest absolute Gasteiger partial charge is 0.216 e. The second-order valence-electron chi connectivity index (χ2n) is 6.23. The molecule has 2 heterocycles. The van der Waals surface area contributed by atoms with Gasteiger partial charge >= 0.3 is 0 Å². The Balaban J connectivity index is 1.53. The Kier molecular flexibility index (Phi) is 7.00. The average molecular weight is 415 g/mol. The highest BCUT2D eigenvalue weighted by molar-refractivity contribution is 7.99. The summed E-state index contributed by atoms with van der Waals surface area (Å²) in [5.41, 5.74) is 2.25. The van der Waals surface area contributed by atoms with Gasteiger partial charge in [0.2, 0.25) is 11.1 Å². The van der Waals surface area contributed by atoms with Crippen LogP contribution in [0.1, 0.15) is 34.0 Å². The number of nitrogens with one attached hydrogen (secondary N) is 2. The first-order chi connectivity index (χ1) is 13.5. The number of thiophene rings is 1.